The van der Waals surface area contributed by atoms with Crippen LogP contribution < -0.4 is 4.74 Å². The number of nitrogens with zero attached hydrogens (tertiary/aromatic N) is 1. The van der Waals surface area contributed by atoms with Crippen LogP contribution in [-0.4, -0.2) is 42.7 Å². The Morgan fingerprint density at radius 3 is 2.79 bits per heavy atom. The van der Waals surface area contributed by atoms with Gasteiger partial charge >= 0.3 is 0 Å². The first-order chi connectivity index (χ1) is 9.06. The summed E-state index contributed by atoms with van der Waals surface area (Å²) in [6.07, 6.45) is 1.49. The Labute approximate surface area is 121 Å². The van der Waals surface area contributed by atoms with Crippen LogP contribution in [0.5, 0.6) is 5.75 Å². The summed E-state index contributed by atoms with van der Waals surface area (Å²) < 4.78 is 6.15. The number of carbonyl (C=O) groups is 1. The molecule has 1 N–H and O–H groups in total. The number of hydrogen-bond donors (Lipinski definition) is 1. The van der Waals surface area contributed by atoms with Crippen LogP contribution in [-0.2, 0) is 11.2 Å². The summed E-state index contributed by atoms with van der Waals surface area (Å²) >= 11 is 3.53. The number of likely N-dealkylation sites (tertiary alicyclic amines) is 1. The molecule has 1 aliphatic heterocycles. The van der Waals surface area contributed by atoms with Gasteiger partial charge in [-0.05, 0) is 30.5 Å². The zero-order chi connectivity index (χ0) is 14.0. The molecular formula is C14H18BrNO3. The molecule has 4 nitrogen and oxygen atoms in total. The number of ether oxygens (including phenoxy) is 1. The molecule has 2 rings (SSSR count). The molecule has 1 fully saturated rings. The molecule has 19 heavy (non-hydrogen) atoms. The first kappa shape index (κ1) is 14.3. The largest absolute Gasteiger partial charge is 0.497 e. The minimum absolute atomic E-state index is 0.0390. The number of benzene rings is 1. The van der Waals surface area contributed by atoms with Crippen molar-refractivity contribution in [3.05, 3.63) is 28.2 Å². The molecule has 1 aliphatic rings. The standard InChI is InChI=1S/C14H18BrNO3/c1-16-11(6-10(8-17)14(16)18)5-9-3-4-12(19-2)7-13(9)15/h3-4,7,10-11,17H,5-6,8H2,1-2H3/t10-,11+/m0/s1. The zero-order valence-electron chi connectivity index (χ0n) is 11.1. The lowest BCUT2D eigenvalue weighted by Crippen LogP contribution is -2.31. The van der Waals surface area contributed by atoms with Crippen molar-refractivity contribution in [2.75, 3.05) is 20.8 Å². The fourth-order valence-corrected chi connectivity index (χ4v) is 3.02. The second-order valence-corrected chi connectivity index (χ2v) is 5.73. The van der Waals surface area contributed by atoms with Gasteiger partial charge in [-0.25, -0.2) is 0 Å². The van der Waals surface area contributed by atoms with Crippen LogP contribution in [0.15, 0.2) is 22.7 Å². The number of rotatable bonds is 4. The van der Waals surface area contributed by atoms with E-state index in [2.05, 4.69) is 15.9 Å². The fourth-order valence-electron chi connectivity index (χ4n) is 2.50. The summed E-state index contributed by atoms with van der Waals surface area (Å²) in [4.78, 5) is 13.6. The molecule has 0 radical (unpaired) electrons. The Bertz CT molecular complexity index is 478. The summed E-state index contributed by atoms with van der Waals surface area (Å²) in [7, 11) is 3.44. The van der Waals surface area contributed by atoms with Crippen LogP contribution in [0.25, 0.3) is 0 Å². The normalized spacial score (nSPS) is 22.9. The van der Waals surface area contributed by atoms with E-state index >= 15 is 0 Å². The number of carbonyl (C=O) groups excluding carboxylic acids is 1. The van der Waals surface area contributed by atoms with Crippen molar-refractivity contribution in [1.82, 2.24) is 4.90 Å². The molecule has 1 heterocycles. The number of amides is 1. The average Bonchev–Trinajstić information content (AvgIpc) is 2.68. The predicted octanol–water partition coefficient (Wildman–Crippen LogP) is 1.84. The van der Waals surface area contributed by atoms with Gasteiger partial charge in [-0.3, -0.25) is 4.79 Å². The second kappa shape index (κ2) is 5.92. The topological polar surface area (TPSA) is 49.8 Å². The van der Waals surface area contributed by atoms with Crippen molar-refractivity contribution in [3.8, 4) is 5.75 Å². The number of halogens is 1. The number of aliphatic hydroxyl groups is 1. The van der Waals surface area contributed by atoms with Gasteiger partial charge in [0.1, 0.15) is 5.75 Å². The maximum atomic E-state index is 11.9. The highest BCUT2D eigenvalue weighted by molar-refractivity contribution is 9.10. The van der Waals surface area contributed by atoms with Crippen molar-refractivity contribution >= 4 is 21.8 Å². The van der Waals surface area contributed by atoms with Crippen LogP contribution >= 0.6 is 15.9 Å². The molecule has 104 valence electrons. The molecule has 0 aliphatic carbocycles. The Hall–Kier alpha value is -1.07. The second-order valence-electron chi connectivity index (χ2n) is 4.88. The Kier molecular flexibility index (Phi) is 4.47. The highest BCUT2D eigenvalue weighted by Gasteiger charge is 2.36. The Balaban J connectivity index is 2.11. The molecule has 1 aromatic rings. The molecular weight excluding hydrogens is 310 g/mol. The Morgan fingerprint density at radius 2 is 2.26 bits per heavy atom. The van der Waals surface area contributed by atoms with E-state index in [-0.39, 0.29) is 24.5 Å². The molecule has 5 heteroatoms. The van der Waals surface area contributed by atoms with E-state index in [9.17, 15) is 9.90 Å². The van der Waals surface area contributed by atoms with Gasteiger partial charge in [0, 0.05) is 17.6 Å². The number of aliphatic hydroxyl groups excluding tert-OH is 1. The van der Waals surface area contributed by atoms with Gasteiger partial charge in [0.25, 0.3) is 0 Å². The lowest BCUT2D eigenvalue weighted by atomic mass is 10.00. The van der Waals surface area contributed by atoms with Gasteiger partial charge in [-0.2, -0.15) is 0 Å². The summed E-state index contributed by atoms with van der Waals surface area (Å²) in [5, 5.41) is 9.19. The van der Waals surface area contributed by atoms with Crippen LogP contribution in [0.2, 0.25) is 0 Å². The van der Waals surface area contributed by atoms with Gasteiger partial charge in [-0.15, -0.1) is 0 Å². The predicted molar refractivity (Wildman–Crippen MR) is 76.1 cm³/mol. The third-order valence-corrected chi connectivity index (χ3v) is 4.48. The van der Waals surface area contributed by atoms with Gasteiger partial charge in [0.2, 0.25) is 5.91 Å². The van der Waals surface area contributed by atoms with Gasteiger partial charge < -0.3 is 14.7 Å². The SMILES string of the molecule is COc1ccc(C[C@@H]2C[C@@H](CO)C(=O)N2C)c(Br)c1. The van der Waals surface area contributed by atoms with Crippen molar-refractivity contribution in [3.63, 3.8) is 0 Å². The maximum absolute atomic E-state index is 11.9. The molecule has 1 amide bonds. The summed E-state index contributed by atoms with van der Waals surface area (Å²) in [6.45, 7) is -0.0660. The summed E-state index contributed by atoms with van der Waals surface area (Å²) in [6, 6.07) is 6.00. The van der Waals surface area contributed by atoms with E-state index in [1.165, 1.54) is 0 Å². The molecule has 0 saturated carbocycles. The van der Waals surface area contributed by atoms with Gasteiger partial charge in [0.05, 0.1) is 19.6 Å². The molecule has 0 unspecified atom stereocenters. The molecule has 1 saturated heterocycles. The average molecular weight is 328 g/mol. The quantitative estimate of drug-likeness (QED) is 0.918. The highest BCUT2D eigenvalue weighted by atomic mass is 79.9. The smallest absolute Gasteiger partial charge is 0.228 e. The Morgan fingerprint density at radius 1 is 1.53 bits per heavy atom. The van der Waals surface area contributed by atoms with E-state index in [0.29, 0.717) is 6.42 Å². The summed E-state index contributed by atoms with van der Waals surface area (Å²) in [5.74, 6) is 0.601. The third kappa shape index (κ3) is 2.92. The van der Waals surface area contributed by atoms with Crippen molar-refractivity contribution in [2.24, 2.45) is 5.92 Å². The molecule has 2 atom stereocenters. The van der Waals surface area contributed by atoms with Gasteiger partial charge in [0.15, 0.2) is 0 Å². The minimum atomic E-state index is -0.243. The maximum Gasteiger partial charge on any atom is 0.228 e. The lowest BCUT2D eigenvalue weighted by Gasteiger charge is -2.20. The van der Waals surface area contributed by atoms with Gasteiger partial charge in [-0.1, -0.05) is 22.0 Å². The molecule has 0 aromatic heterocycles. The molecule has 0 spiro atoms. The lowest BCUT2D eigenvalue weighted by molar-refractivity contribution is -0.131. The van der Waals surface area contributed by atoms with Crippen molar-refractivity contribution in [2.45, 2.75) is 18.9 Å². The van der Waals surface area contributed by atoms with E-state index in [1.807, 2.05) is 18.2 Å². The number of hydrogen-bond acceptors (Lipinski definition) is 3. The highest BCUT2D eigenvalue weighted by Crippen LogP contribution is 2.29. The van der Waals surface area contributed by atoms with Crippen LogP contribution in [0.4, 0.5) is 0 Å². The van der Waals surface area contributed by atoms with E-state index in [0.717, 1.165) is 22.2 Å². The molecule has 0 bridgehead atoms. The third-order valence-electron chi connectivity index (χ3n) is 3.74. The minimum Gasteiger partial charge on any atom is -0.497 e. The number of methoxy groups -OCH3 is 1. The zero-order valence-corrected chi connectivity index (χ0v) is 12.7. The number of likely N-dealkylation sites (N-methyl/N-ethyl adjacent to an activating group) is 1. The van der Waals surface area contributed by atoms with E-state index < -0.39 is 0 Å². The monoisotopic (exact) mass is 327 g/mol. The van der Waals surface area contributed by atoms with Crippen LogP contribution in [0.3, 0.4) is 0 Å². The fraction of sp³-hybridized carbons (Fsp3) is 0.500. The van der Waals surface area contributed by atoms with Crippen LogP contribution in [0.1, 0.15) is 12.0 Å². The first-order valence-electron chi connectivity index (χ1n) is 6.26. The first-order valence-corrected chi connectivity index (χ1v) is 7.06. The van der Waals surface area contributed by atoms with E-state index in [4.69, 9.17) is 4.74 Å². The van der Waals surface area contributed by atoms with E-state index in [1.54, 1.807) is 19.1 Å². The van der Waals surface area contributed by atoms with Crippen LogP contribution in [0, 0.1) is 5.92 Å². The summed E-state index contributed by atoms with van der Waals surface area (Å²) in [5.41, 5.74) is 1.14. The van der Waals surface area contributed by atoms with Crippen molar-refractivity contribution < 1.29 is 14.6 Å². The molecule has 1 aromatic carbocycles. The van der Waals surface area contributed by atoms with Crippen molar-refractivity contribution in [1.29, 1.82) is 0 Å².